The van der Waals surface area contributed by atoms with E-state index >= 15 is 0 Å². The number of piperidine rings is 1. The molecule has 2 saturated heterocycles. The molecule has 0 N–H and O–H groups in total. The molecule has 3 heterocycles. The zero-order chi connectivity index (χ0) is 20.2. The van der Waals surface area contributed by atoms with Crippen LogP contribution in [0.1, 0.15) is 36.5 Å². The van der Waals surface area contributed by atoms with Crippen LogP contribution in [0.2, 0.25) is 0 Å². The fourth-order valence-corrected chi connectivity index (χ4v) is 4.25. The predicted molar refractivity (Wildman–Crippen MR) is 115 cm³/mol. The molecule has 7 nitrogen and oxygen atoms in total. The van der Waals surface area contributed by atoms with Gasteiger partial charge >= 0.3 is 5.97 Å². The maximum Gasteiger partial charge on any atom is 0.337 e. The molecule has 0 spiro atoms. The third-order valence-electron chi connectivity index (χ3n) is 5.89. The number of carbonyl (C=O) groups excluding carboxylic acids is 1. The molecule has 1 atom stereocenters. The summed E-state index contributed by atoms with van der Waals surface area (Å²) in [5.41, 5.74) is 1.70. The summed E-state index contributed by atoms with van der Waals surface area (Å²) in [7, 11) is 1.40. The van der Waals surface area contributed by atoms with Crippen LogP contribution >= 0.6 is 0 Å². The Morgan fingerprint density at radius 2 is 1.69 bits per heavy atom. The van der Waals surface area contributed by atoms with Crippen LogP contribution in [-0.4, -0.2) is 61.8 Å². The normalized spacial score (nSPS) is 19.9. The number of aromatic nitrogens is 2. The molecule has 0 saturated carbocycles. The molecule has 0 bridgehead atoms. The molecular formula is C22H29N5O2. The topological polar surface area (TPSA) is 61.8 Å². The molecule has 0 amide bonds. The number of ether oxygens (including phenoxy) is 1. The second-order valence-corrected chi connectivity index (χ2v) is 7.81. The summed E-state index contributed by atoms with van der Waals surface area (Å²) in [4.78, 5) is 27.8. The molecule has 1 aromatic heterocycles. The van der Waals surface area contributed by atoms with Gasteiger partial charge in [-0.1, -0.05) is 0 Å². The van der Waals surface area contributed by atoms with Crippen molar-refractivity contribution in [2.75, 3.05) is 54.5 Å². The van der Waals surface area contributed by atoms with Crippen molar-refractivity contribution in [3.05, 3.63) is 42.2 Å². The van der Waals surface area contributed by atoms with E-state index in [-0.39, 0.29) is 5.97 Å². The summed E-state index contributed by atoms with van der Waals surface area (Å²) in [6.07, 6.45) is 5.49. The number of piperazine rings is 1. The lowest BCUT2D eigenvalue weighted by Crippen LogP contribution is -2.52. The van der Waals surface area contributed by atoms with Gasteiger partial charge in [-0.25, -0.2) is 14.8 Å². The second-order valence-electron chi connectivity index (χ2n) is 7.81. The Balaban J connectivity index is 1.43. The van der Waals surface area contributed by atoms with Crippen LogP contribution in [0.15, 0.2) is 36.7 Å². The van der Waals surface area contributed by atoms with Gasteiger partial charge < -0.3 is 19.4 Å². The van der Waals surface area contributed by atoms with Gasteiger partial charge in [0.25, 0.3) is 0 Å². The molecule has 2 aliphatic rings. The Hall–Kier alpha value is -2.83. The lowest BCUT2D eigenvalue weighted by Gasteiger charge is -2.42. The van der Waals surface area contributed by atoms with Gasteiger partial charge in [-0.3, -0.25) is 0 Å². The molecule has 2 aromatic rings. The number of rotatable bonds is 4. The van der Waals surface area contributed by atoms with Crippen LogP contribution in [0.4, 0.5) is 17.3 Å². The highest BCUT2D eigenvalue weighted by Gasteiger charge is 2.26. The first-order valence-electron chi connectivity index (χ1n) is 10.4. The Kier molecular flexibility index (Phi) is 5.83. The fourth-order valence-electron chi connectivity index (χ4n) is 4.25. The van der Waals surface area contributed by atoms with Crippen molar-refractivity contribution in [2.24, 2.45) is 0 Å². The van der Waals surface area contributed by atoms with Crippen molar-refractivity contribution >= 4 is 23.3 Å². The number of nitrogens with zero attached hydrogens (tertiary/aromatic N) is 5. The molecule has 1 aromatic carbocycles. The third kappa shape index (κ3) is 4.28. The summed E-state index contributed by atoms with van der Waals surface area (Å²) in [5.74, 6) is 1.75. The number of anilines is 3. The number of carbonyl (C=O) groups is 1. The highest BCUT2D eigenvalue weighted by Crippen LogP contribution is 2.26. The predicted octanol–water partition coefficient (Wildman–Crippen LogP) is 2.97. The minimum Gasteiger partial charge on any atom is -0.465 e. The molecule has 154 valence electrons. The Morgan fingerprint density at radius 3 is 2.38 bits per heavy atom. The molecule has 2 aliphatic heterocycles. The first-order valence-corrected chi connectivity index (χ1v) is 10.4. The van der Waals surface area contributed by atoms with E-state index in [0.29, 0.717) is 11.6 Å². The highest BCUT2D eigenvalue weighted by molar-refractivity contribution is 5.89. The smallest absolute Gasteiger partial charge is 0.337 e. The summed E-state index contributed by atoms with van der Waals surface area (Å²) in [6, 6.07) is 10.1. The maximum absolute atomic E-state index is 11.6. The zero-order valence-electron chi connectivity index (χ0n) is 17.3. The Bertz CT molecular complexity index is 835. The summed E-state index contributed by atoms with van der Waals surface area (Å²) in [6.45, 7) is 7.11. The van der Waals surface area contributed by atoms with Crippen LogP contribution in [0.3, 0.4) is 0 Å². The Labute approximate surface area is 172 Å². The van der Waals surface area contributed by atoms with E-state index in [9.17, 15) is 4.79 Å². The number of hydrogen-bond acceptors (Lipinski definition) is 7. The van der Waals surface area contributed by atoms with E-state index < -0.39 is 0 Å². The van der Waals surface area contributed by atoms with Crippen molar-refractivity contribution in [3.63, 3.8) is 0 Å². The van der Waals surface area contributed by atoms with Gasteiger partial charge in [0, 0.05) is 50.5 Å². The van der Waals surface area contributed by atoms with Gasteiger partial charge in [-0.05, 0) is 50.5 Å². The zero-order valence-corrected chi connectivity index (χ0v) is 17.3. The van der Waals surface area contributed by atoms with E-state index in [1.807, 2.05) is 24.3 Å². The van der Waals surface area contributed by atoms with Crippen molar-refractivity contribution in [3.8, 4) is 0 Å². The minimum atomic E-state index is -0.303. The molecule has 1 unspecified atom stereocenters. The highest BCUT2D eigenvalue weighted by atomic mass is 16.5. The fraction of sp³-hybridized carbons (Fsp3) is 0.500. The van der Waals surface area contributed by atoms with Crippen LogP contribution in [-0.2, 0) is 4.74 Å². The number of hydrogen-bond donors (Lipinski definition) is 0. The van der Waals surface area contributed by atoms with Gasteiger partial charge in [0.1, 0.15) is 18.0 Å². The second kappa shape index (κ2) is 8.68. The molecule has 0 radical (unpaired) electrons. The summed E-state index contributed by atoms with van der Waals surface area (Å²) in [5, 5.41) is 0. The number of esters is 1. The van der Waals surface area contributed by atoms with E-state index in [4.69, 9.17) is 4.74 Å². The summed E-state index contributed by atoms with van der Waals surface area (Å²) >= 11 is 0. The molecule has 4 rings (SSSR count). The summed E-state index contributed by atoms with van der Waals surface area (Å²) < 4.78 is 4.78. The molecule has 29 heavy (non-hydrogen) atoms. The van der Waals surface area contributed by atoms with Gasteiger partial charge in [0.2, 0.25) is 0 Å². The first-order chi connectivity index (χ1) is 14.2. The minimum absolute atomic E-state index is 0.303. The van der Waals surface area contributed by atoms with Gasteiger partial charge in [0.05, 0.1) is 12.7 Å². The monoisotopic (exact) mass is 395 g/mol. The van der Waals surface area contributed by atoms with Gasteiger partial charge in [-0.2, -0.15) is 0 Å². The van der Waals surface area contributed by atoms with E-state index in [1.165, 1.54) is 26.4 Å². The van der Waals surface area contributed by atoms with Crippen molar-refractivity contribution in [1.29, 1.82) is 0 Å². The average Bonchev–Trinajstić information content (AvgIpc) is 2.79. The third-order valence-corrected chi connectivity index (χ3v) is 5.89. The van der Waals surface area contributed by atoms with Crippen molar-refractivity contribution in [1.82, 2.24) is 9.97 Å². The lowest BCUT2D eigenvalue weighted by molar-refractivity contribution is 0.0601. The van der Waals surface area contributed by atoms with Crippen LogP contribution < -0.4 is 14.7 Å². The molecule has 0 aliphatic carbocycles. The van der Waals surface area contributed by atoms with E-state index in [2.05, 4.69) is 37.7 Å². The van der Waals surface area contributed by atoms with Gasteiger partial charge in [-0.15, -0.1) is 0 Å². The number of methoxy groups -OCH3 is 1. The Morgan fingerprint density at radius 1 is 0.966 bits per heavy atom. The SMILES string of the molecule is COC(=O)c1ccc(N2CCN(c3cc(N4CCCCC4)ncn3)C(C)C2)cc1. The van der Waals surface area contributed by atoms with Crippen LogP contribution in [0.5, 0.6) is 0 Å². The van der Waals surface area contributed by atoms with E-state index in [0.717, 1.165) is 50.0 Å². The standard InChI is InChI=1S/C22H29N5O2/c1-17-15-26(19-8-6-18(7-9-19)22(28)29-2)12-13-27(17)21-14-20(23-16-24-21)25-10-4-3-5-11-25/h6-9,14,16-17H,3-5,10-13,15H2,1-2H3. The lowest BCUT2D eigenvalue weighted by atomic mass is 10.1. The maximum atomic E-state index is 11.6. The molecule has 2 fully saturated rings. The van der Waals surface area contributed by atoms with Crippen LogP contribution in [0.25, 0.3) is 0 Å². The van der Waals surface area contributed by atoms with E-state index in [1.54, 1.807) is 6.33 Å². The first kappa shape index (κ1) is 19.5. The average molecular weight is 396 g/mol. The largest absolute Gasteiger partial charge is 0.465 e. The number of benzene rings is 1. The quantitative estimate of drug-likeness (QED) is 0.738. The molecular weight excluding hydrogens is 366 g/mol. The van der Waals surface area contributed by atoms with Gasteiger partial charge in [0.15, 0.2) is 0 Å². The van der Waals surface area contributed by atoms with Crippen molar-refractivity contribution < 1.29 is 9.53 Å². The van der Waals surface area contributed by atoms with Crippen molar-refractivity contribution in [2.45, 2.75) is 32.2 Å². The molecule has 7 heteroatoms. The van der Waals surface area contributed by atoms with Crippen LogP contribution in [0, 0.1) is 0 Å².